The first-order valence-electron chi connectivity index (χ1n) is 6.94. The Hall–Kier alpha value is -2.18. The number of hydrogen-bond acceptors (Lipinski definition) is 5. The van der Waals surface area contributed by atoms with E-state index in [2.05, 4.69) is 10.4 Å². The fraction of sp³-hybridized carbons (Fsp3) is 0.571. The number of aryl methyl sites for hydroxylation is 1. The number of methoxy groups -OCH3 is 1. The third kappa shape index (κ3) is 3.68. The first-order chi connectivity index (χ1) is 10.0. The predicted molar refractivity (Wildman–Crippen MR) is 74.7 cm³/mol. The molecule has 1 fully saturated rings. The summed E-state index contributed by atoms with van der Waals surface area (Å²) in [7, 11) is 2.89. The van der Waals surface area contributed by atoms with E-state index in [9.17, 15) is 14.4 Å². The molecule has 0 aromatic carbocycles. The minimum Gasteiger partial charge on any atom is -0.469 e. The van der Waals surface area contributed by atoms with Crippen LogP contribution in [0.3, 0.4) is 0 Å². The Morgan fingerprint density at radius 3 is 2.52 bits per heavy atom. The molecule has 21 heavy (non-hydrogen) atoms. The summed E-state index contributed by atoms with van der Waals surface area (Å²) in [6, 6.07) is 2.76. The number of hydrogen-bond donors (Lipinski definition) is 1. The Labute approximate surface area is 122 Å². The number of amides is 1. The van der Waals surface area contributed by atoms with Crippen LogP contribution >= 0.6 is 0 Å². The van der Waals surface area contributed by atoms with Gasteiger partial charge >= 0.3 is 5.97 Å². The molecule has 7 nitrogen and oxygen atoms in total. The first kappa shape index (κ1) is 15.2. The lowest BCUT2D eigenvalue weighted by Crippen LogP contribution is -2.39. The summed E-state index contributed by atoms with van der Waals surface area (Å²) in [6.45, 7) is 0. The molecule has 1 saturated carbocycles. The molecule has 1 amide bonds. The van der Waals surface area contributed by atoms with E-state index >= 15 is 0 Å². The lowest BCUT2D eigenvalue weighted by Gasteiger charge is -2.27. The van der Waals surface area contributed by atoms with Crippen LogP contribution in [0.2, 0.25) is 0 Å². The molecule has 114 valence electrons. The van der Waals surface area contributed by atoms with Crippen molar-refractivity contribution < 1.29 is 14.3 Å². The smallest absolute Gasteiger partial charge is 0.308 e. The summed E-state index contributed by atoms with van der Waals surface area (Å²) in [4.78, 5) is 34.7. The Balaban J connectivity index is 1.91. The Kier molecular flexibility index (Phi) is 4.72. The molecular formula is C14H19N3O4. The minimum absolute atomic E-state index is 0.0254. The van der Waals surface area contributed by atoms with Crippen molar-refractivity contribution in [3.63, 3.8) is 0 Å². The molecule has 0 spiro atoms. The number of rotatable bonds is 3. The third-order valence-electron chi connectivity index (χ3n) is 3.79. The maximum Gasteiger partial charge on any atom is 0.308 e. The quantitative estimate of drug-likeness (QED) is 0.806. The van der Waals surface area contributed by atoms with Gasteiger partial charge in [0, 0.05) is 19.2 Å². The number of carbonyl (C=O) groups is 2. The van der Waals surface area contributed by atoms with Crippen LogP contribution in [0.1, 0.15) is 36.2 Å². The van der Waals surface area contributed by atoms with Gasteiger partial charge in [0.2, 0.25) is 0 Å². The highest BCUT2D eigenvalue weighted by molar-refractivity contribution is 5.92. The molecule has 1 aliphatic rings. The van der Waals surface area contributed by atoms with Crippen molar-refractivity contribution >= 4 is 11.9 Å². The van der Waals surface area contributed by atoms with Gasteiger partial charge in [0.15, 0.2) is 0 Å². The second-order valence-corrected chi connectivity index (χ2v) is 5.23. The largest absolute Gasteiger partial charge is 0.469 e. The number of nitrogens with one attached hydrogen (secondary N) is 1. The topological polar surface area (TPSA) is 90.3 Å². The molecule has 0 radical (unpaired) electrons. The van der Waals surface area contributed by atoms with Crippen LogP contribution < -0.4 is 10.9 Å². The van der Waals surface area contributed by atoms with Gasteiger partial charge in [-0.3, -0.25) is 14.4 Å². The fourth-order valence-corrected chi connectivity index (χ4v) is 2.52. The fourth-order valence-electron chi connectivity index (χ4n) is 2.52. The maximum atomic E-state index is 12.1. The molecule has 1 N–H and O–H groups in total. The molecule has 0 saturated heterocycles. The Morgan fingerprint density at radius 2 is 1.95 bits per heavy atom. The van der Waals surface area contributed by atoms with E-state index in [0.717, 1.165) is 17.5 Å². The van der Waals surface area contributed by atoms with Crippen molar-refractivity contribution in [3.05, 3.63) is 28.2 Å². The van der Waals surface area contributed by atoms with E-state index < -0.39 is 0 Å². The second kappa shape index (κ2) is 6.51. The summed E-state index contributed by atoms with van der Waals surface area (Å²) in [5, 5.41) is 6.80. The second-order valence-electron chi connectivity index (χ2n) is 5.23. The van der Waals surface area contributed by atoms with Gasteiger partial charge < -0.3 is 10.1 Å². The SMILES string of the molecule is COC(=O)C1CCC(NC(=O)c2ccc(=O)n(C)n2)CC1. The van der Waals surface area contributed by atoms with Gasteiger partial charge in [0.05, 0.1) is 13.0 Å². The highest BCUT2D eigenvalue weighted by atomic mass is 16.5. The van der Waals surface area contributed by atoms with Gasteiger partial charge in [-0.2, -0.15) is 5.10 Å². The van der Waals surface area contributed by atoms with E-state index in [-0.39, 0.29) is 35.1 Å². The van der Waals surface area contributed by atoms with Gasteiger partial charge in [-0.05, 0) is 31.7 Å². The van der Waals surface area contributed by atoms with Crippen molar-refractivity contribution in [1.29, 1.82) is 0 Å². The van der Waals surface area contributed by atoms with E-state index in [4.69, 9.17) is 4.74 Å². The summed E-state index contributed by atoms with van der Waals surface area (Å²) < 4.78 is 5.86. The predicted octanol–water partition coefficient (Wildman–Crippen LogP) is 0.242. The number of ether oxygens (including phenoxy) is 1. The number of carbonyl (C=O) groups excluding carboxylic acids is 2. The highest BCUT2D eigenvalue weighted by Crippen LogP contribution is 2.25. The number of aromatic nitrogens is 2. The molecule has 0 aliphatic heterocycles. The molecule has 1 heterocycles. The summed E-state index contributed by atoms with van der Waals surface area (Å²) >= 11 is 0. The molecule has 1 aromatic rings. The van der Waals surface area contributed by atoms with Crippen LogP contribution in [0, 0.1) is 5.92 Å². The summed E-state index contributed by atoms with van der Waals surface area (Å²) in [6.07, 6.45) is 2.88. The average molecular weight is 293 g/mol. The van der Waals surface area contributed by atoms with E-state index in [1.54, 1.807) is 0 Å². The standard InChI is InChI=1S/C14H19N3O4/c1-17-12(18)8-7-11(16-17)13(19)15-10-5-3-9(4-6-10)14(20)21-2/h7-10H,3-6H2,1-2H3,(H,15,19). The Bertz CT molecular complexity index is 588. The van der Waals surface area contributed by atoms with Crippen LogP contribution in [0.4, 0.5) is 0 Å². The lowest BCUT2D eigenvalue weighted by atomic mass is 9.86. The average Bonchev–Trinajstić information content (AvgIpc) is 2.50. The van der Waals surface area contributed by atoms with Crippen LogP contribution in [0.25, 0.3) is 0 Å². The molecule has 0 bridgehead atoms. The van der Waals surface area contributed by atoms with Gasteiger partial charge in [-0.15, -0.1) is 0 Å². The maximum absolute atomic E-state index is 12.1. The number of esters is 1. The van der Waals surface area contributed by atoms with Crippen molar-refractivity contribution in [1.82, 2.24) is 15.1 Å². The van der Waals surface area contributed by atoms with Gasteiger partial charge in [0.25, 0.3) is 11.5 Å². The summed E-state index contributed by atoms with van der Waals surface area (Å²) in [5.41, 5.74) is -0.0441. The zero-order chi connectivity index (χ0) is 15.4. The molecule has 1 aliphatic carbocycles. The van der Waals surface area contributed by atoms with E-state index in [1.807, 2.05) is 0 Å². The van der Waals surface area contributed by atoms with Crippen LogP contribution in [0.15, 0.2) is 16.9 Å². The van der Waals surface area contributed by atoms with Gasteiger partial charge in [0.1, 0.15) is 5.69 Å². The van der Waals surface area contributed by atoms with E-state index in [0.29, 0.717) is 12.8 Å². The lowest BCUT2D eigenvalue weighted by molar-refractivity contribution is -0.146. The zero-order valence-corrected chi connectivity index (χ0v) is 12.2. The molecule has 0 atom stereocenters. The van der Waals surface area contributed by atoms with Crippen molar-refractivity contribution in [2.24, 2.45) is 13.0 Å². The minimum atomic E-state index is -0.299. The molecule has 0 unspecified atom stereocenters. The molecule has 1 aromatic heterocycles. The number of nitrogens with zero attached hydrogens (tertiary/aromatic N) is 2. The van der Waals surface area contributed by atoms with E-state index in [1.165, 1.54) is 26.3 Å². The normalized spacial score (nSPS) is 21.6. The van der Waals surface area contributed by atoms with Crippen molar-refractivity contribution in [3.8, 4) is 0 Å². The molecule has 2 rings (SSSR count). The highest BCUT2D eigenvalue weighted by Gasteiger charge is 2.28. The molecular weight excluding hydrogens is 274 g/mol. The van der Waals surface area contributed by atoms with Crippen LogP contribution in [-0.4, -0.2) is 34.8 Å². The first-order valence-corrected chi connectivity index (χ1v) is 6.94. The van der Waals surface area contributed by atoms with Gasteiger partial charge in [-0.1, -0.05) is 0 Å². The monoisotopic (exact) mass is 293 g/mol. The zero-order valence-electron chi connectivity index (χ0n) is 12.2. The van der Waals surface area contributed by atoms with Crippen molar-refractivity contribution in [2.75, 3.05) is 7.11 Å². The third-order valence-corrected chi connectivity index (χ3v) is 3.79. The van der Waals surface area contributed by atoms with Crippen LogP contribution in [-0.2, 0) is 16.6 Å². The van der Waals surface area contributed by atoms with Crippen LogP contribution in [0.5, 0.6) is 0 Å². The van der Waals surface area contributed by atoms with Crippen molar-refractivity contribution in [2.45, 2.75) is 31.7 Å². The van der Waals surface area contributed by atoms with Gasteiger partial charge in [-0.25, -0.2) is 4.68 Å². The molecule has 7 heteroatoms. The summed E-state index contributed by atoms with van der Waals surface area (Å²) in [5.74, 6) is -0.551. The Morgan fingerprint density at radius 1 is 1.29 bits per heavy atom.